The maximum absolute atomic E-state index is 11.9. The quantitative estimate of drug-likeness (QED) is 0.659. The Labute approximate surface area is 92.1 Å². The van der Waals surface area contributed by atoms with E-state index >= 15 is 0 Å². The van der Waals surface area contributed by atoms with E-state index in [9.17, 15) is 4.79 Å². The molecular formula is C10H14N4O2. The van der Waals surface area contributed by atoms with Gasteiger partial charge in [0.25, 0.3) is 5.56 Å². The molecule has 0 spiro atoms. The van der Waals surface area contributed by atoms with Crippen molar-refractivity contribution in [1.82, 2.24) is 19.5 Å². The van der Waals surface area contributed by atoms with Gasteiger partial charge < -0.3 is 10.4 Å². The summed E-state index contributed by atoms with van der Waals surface area (Å²) >= 11 is 0. The van der Waals surface area contributed by atoms with Crippen LogP contribution in [-0.2, 0) is 13.6 Å². The van der Waals surface area contributed by atoms with E-state index < -0.39 is 0 Å². The molecule has 0 unspecified atom stereocenters. The first-order chi connectivity index (χ1) is 7.74. The summed E-state index contributed by atoms with van der Waals surface area (Å²) < 4.78 is 3.08. The van der Waals surface area contributed by atoms with Gasteiger partial charge in [-0.3, -0.25) is 9.36 Å². The van der Waals surface area contributed by atoms with Crippen LogP contribution in [0, 0.1) is 0 Å². The van der Waals surface area contributed by atoms with Crippen molar-refractivity contribution in [2.24, 2.45) is 7.05 Å². The van der Waals surface area contributed by atoms with Crippen LogP contribution in [0.5, 0.6) is 0 Å². The summed E-state index contributed by atoms with van der Waals surface area (Å²) in [5.74, 6) is 0.641. The third-order valence-corrected chi connectivity index (χ3v) is 2.43. The maximum Gasteiger partial charge on any atom is 0.277 e. The molecule has 2 rings (SSSR count). The minimum atomic E-state index is -0.0687. The van der Waals surface area contributed by atoms with Crippen LogP contribution in [-0.4, -0.2) is 32.4 Å². The number of aliphatic hydroxyl groups excluding tert-OH is 1. The summed E-state index contributed by atoms with van der Waals surface area (Å²) in [5, 5.41) is 15.9. The van der Waals surface area contributed by atoms with E-state index in [0.29, 0.717) is 24.4 Å². The largest absolute Gasteiger partial charge is 0.395 e. The van der Waals surface area contributed by atoms with Crippen molar-refractivity contribution in [3.8, 4) is 0 Å². The molecule has 2 aromatic rings. The van der Waals surface area contributed by atoms with Gasteiger partial charge in [0.1, 0.15) is 11.3 Å². The molecule has 0 bridgehead atoms. The van der Waals surface area contributed by atoms with Crippen LogP contribution in [0.2, 0.25) is 0 Å². The average molecular weight is 222 g/mol. The number of nitrogens with one attached hydrogen (secondary N) is 1. The van der Waals surface area contributed by atoms with E-state index in [0.717, 1.165) is 0 Å². The van der Waals surface area contributed by atoms with Gasteiger partial charge in [0.05, 0.1) is 13.2 Å². The van der Waals surface area contributed by atoms with E-state index in [1.54, 1.807) is 29.9 Å². The smallest absolute Gasteiger partial charge is 0.277 e. The fourth-order valence-corrected chi connectivity index (χ4v) is 1.54. The molecule has 2 N–H and O–H groups in total. The number of hydrogen-bond donors (Lipinski definition) is 2. The van der Waals surface area contributed by atoms with E-state index in [1.165, 1.54) is 4.57 Å². The second-order valence-electron chi connectivity index (χ2n) is 3.52. The Hall–Kier alpha value is -1.66. The predicted molar refractivity (Wildman–Crippen MR) is 59.2 cm³/mol. The summed E-state index contributed by atoms with van der Waals surface area (Å²) in [5.41, 5.74) is 0.495. The molecule has 0 aromatic carbocycles. The van der Waals surface area contributed by atoms with Crippen molar-refractivity contribution in [3.63, 3.8) is 0 Å². The normalized spacial score (nSPS) is 11.1. The summed E-state index contributed by atoms with van der Waals surface area (Å²) in [6, 6.07) is 3.52. The predicted octanol–water partition coefficient (Wildman–Crippen LogP) is -0.885. The summed E-state index contributed by atoms with van der Waals surface area (Å²) in [4.78, 5) is 11.9. The van der Waals surface area contributed by atoms with Crippen LogP contribution in [0.15, 0.2) is 23.1 Å². The Morgan fingerprint density at radius 2 is 2.38 bits per heavy atom. The van der Waals surface area contributed by atoms with Crippen molar-refractivity contribution in [1.29, 1.82) is 0 Å². The van der Waals surface area contributed by atoms with Crippen LogP contribution in [0.25, 0.3) is 5.52 Å². The van der Waals surface area contributed by atoms with Gasteiger partial charge in [-0.1, -0.05) is 0 Å². The van der Waals surface area contributed by atoms with Crippen LogP contribution < -0.4 is 10.9 Å². The average Bonchev–Trinajstić information content (AvgIpc) is 2.73. The van der Waals surface area contributed by atoms with E-state index in [1.807, 2.05) is 0 Å². The first kappa shape index (κ1) is 10.8. The molecule has 0 aliphatic carbocycles. The molecule has 6 nitrogen and oxygen atoms in total. The zero-order valence-corrected chi connectivity index (χ0v) is 9.05. The topological polar surface area (TPSA) is 71.6 Å². The van der Waals surface area contributed by atoms with Gasteiger partial charge in [-0.2, -0.15) is 5.10 Å². The molecular weight excluding hydrogens is 208 g/mol. The zero-order chi connectivity index (χ0) is 11.5. The summed E-state index contributed by atoms with van der Waals surface area (Å²) in [6.45, 7) is 1.01. The second kappa shape index (κ2) is 4.46. The second-order valence-corrected chi connectivity index (χ2v) is 3.52. The first-order valence-electron chi connectivity index (χ1n) is 5.09. The van der Waals surface area contributed by atoms with Crippen molar-refractivity contribution >= 4 is 5.52 Å². The molecule has 0 atom stereocenters. The molecule has 6 heteroatoms. The van der Waals surface area contributed by atoms with Gasteiger partial charge in [0.15, 0.2) is 0 Å². The molecule has 0 aliphatic heterocycles. The van der Waals surface area contributed by atoms with Gasteiger partial charge in [-0.05, 0) is 12.1 Å². The van der Waals surface area contributed by atoms with Crippen molar-refractivity contribution < 1.29 is 5.11 Å². The lowest BCUT2D eigenvalue weighted by atomic mass is 10.5. The van der Waals surface area contributed by atoms with Gasteiger partial charge >= 0.3 is 0 Å². The molecule has 0 amide bonds. The zero-order valence-electron chi connectivity index (χ0n) is 9.05. The third kappa shape index (κ3) is 1.84. The standard InChI is InChI=1S/C10H14N4O2/c1-13-9(7-11-4-6-15)12-14-5-2-3-8(14)10(13)16/h2-3,5,11,15H,4,6-7H2,1H3. The number of aromatic nitrogens is 3. The molecule has 0 saturated carbocycles. The minimum Gasteiger partial charge on any atom is -0.395 e. The molecule has 0 aliphatic rings. The highest BCUT2D eigenvalue weighted by Gasteiger charge is 2.06. The molecule has 2 aromatic heterocycles. The summed E-state index contributed by atoms with van der Waals surface area (Å²) in [7, 11) is 1.69. The lowest BCUT2D eigenvalue weighted by molar-refractivity contribution is 0.291. The highest BCUT2D eigenvalue weighted by Crippen LogP contribution is 1.97. The van der Waals surface area contributed by atoms with E-state index in [4.69, 9.17) is 5.11 Å². The van der Waals surface area contributed by atoms with Gasteiger partial charge in [0.2, 0.25) is 0 Å². The highest BCUT2D eigenvalue weighted by molar-refractivity contribution is 5.43. The number of hydrogen-bond acceptors (Lipinski definition) is 4. The molecule has 0 fully saturated rings. The SMILES string of the molecule is Cn1c(CNCCO)nn2cccc2c1=O. The van der Waals surface area contributed by atoms with Crippen molar-refractivity contribution in [2.45, 2.75) is 6.54 Å². The molecule has 0 saturated heterocycles. The molecule has 16 heavy (non-hydrogen) atoms. The Morgan fingerprint density at radius 3 is 3.12 bits per heavy atom. The van der Waals surface area contributed by atoms with Gasteiger partial charge in [-0.25, -0.2) is 4.52 Å². The molecule has 0 radical (unpaired) electrons. The fraction of sp³-hybridized carbons (Fsp3) is 0.400. The number of aliphatic hydroxyl groups is 1. The van der Waals surface area contributed by atoms with Gasteiger partial charge in [-0.15, -0.1) is 0 Å². The fourth-order valence-electron chi connectivity index (χ4n) is 1.54. The minimum absolute atomic E-state index is 0.0687. The number of rotatable bonds is 4. The Kier molecular flexibility index (Phi) is 3.02. The highest BCUT2D eigenvalue weighted by atomic mass is 16.3. The maximum atomic E-state index is 11.9. The Morgan fingerprint density at radius 1 is 1.56 bits per heavy atom. The van der Waals surface area contributed by atoms with E-state index in [2.05, 4.69) is 10.4 Å². The molecule has 2 heterocycles. The third-order valence-electron chi connectivity index (χ3n) is 2.43. The molecule has 86 valence electrons. The van der Waals surface area contributed by atoms with Crippen LogP contribution in [0.4, 0.5) is 0 Å². The Balaban J connectivity index is 2.37. The van der Waals surface area contributed by atoms with Crippen molar-refractivity contribution in [2.75, 3.05) is 13.2 Å². The van der Waals surface area contributed by atoms with Crippen LogP contribution in [0.3, 0.4) is 0 Å². The number of fused-ring (bicyclic) bond motifs is 1. The summed E-state index contributed by atoms with van der Waals surface area (Å²) in [6.07, 6.45) is 1.74. The van der Waals surface area contributed by atoms with Crippen molar-refractivity contribution in [3.05, 3.63) is 34.5 Å². The lowest BCUT2D eigenvalue weighted by Gasteiger charge is -2.08. The van der Waals surface area contributed by atoms with Crippen LogP contribution in [0.1, 0.15) is 5.82 Å². The van der Waals surface area contributed by atoms with E-state index in [-0.39, 0.29) is 12.2 Å². The first-order valence-corrected chi connectivity index (χ1v) is 5.09. The van der Waals surface area contributed by atoms with Gasteiger partial charge in [0, 0.05) is 19.8 Å². The lowest BCUT2D eigenvalue weighted by Crippen LogP contribution is -2.29. The number of nitrogens with zero attached hydrogens (tertiary/aromatic N) is 3. The van der Waals surface area contributed by atoms with Crippen LogP contribution >= 0.6 is 0 Å². The monoisotopic (exact) mass is 222 g/mol. The Bertz CT molecular complexity index is 543.